The van der Waals surface area contributed by atoms with Crippen LogP contribution in [0.2, 0.25) is 0 Å². The summed E-state index contributed by atoms with van der Waals surface area (Å²) in [6.07, 6.45) is 9.20. The van der Waals surface area contributed by atoms with E-state index in [0.29, 0.717) is 12.8 Å². The van der Waals surface area contributed by atoms with E-state index in [1.54, 1.807) is 0 Å². The van der Waals surface area contributed by atoms with Crippen molar-refractivity contribution >= 4 is 60.8 Å². The van der Waals surface area contributed by atoms with Crippen LogP contribution < -0.4 is 0 Å². The van der Waals surface area contributed by atoms with E-state index in [4.69, 9.17) is 5.11 Å². The third-order valence-electron chi connectivity index (χ3n) is 2.75. The van der Waals surface area contributed by atoms with Crippen LogP contribution in [0.3, 0.4) is 0 Å². The standard InChI is InChI=1S/C13H24O4.Ba/c1-17-13(16)11-9-7-5-3-2-4-6-8-10-12(14)15;/h2-11H2,1H3,(H,14,15);. The summed E-state index contributed by atoms with van der Waals surface area (Å²) in [5.74, 6) is -0.827. The van der Waals surface area contributed by atoms with E-state index in [0.717, 1.165) is 44.9 Å². The average molecular weight is 382 g/mol. The number of hydrogen-bond donors (Lipinski definition) is 1. The maximum atomic E-state index is 10.8. The molecule has 0 aromatic heterocycles. The molecule has 0 saturated carbocycles. The predicted molar refractivity (Wildman–Crippen MR) is 71.6 cm³/mol. The smallest absolute Gasteiger partial charge is 0.305 e. The average Bonchev–Trinajstić information content (AvgIpc) is 2.30. The number of aliphatic carboxylic acids is 1. The Labute approximate surface area is 150 Å². The van der Waals surface area contributed by atoms with E-state index in [2.05, 4.69) is 4.74 Å². The molecule has 0 aromatic rings. The second-order valence-electron chi connectivity index (χ2n) is 4.30. The van der Waals surface area contributed by atoms with Crippen LogP contribution in [0.25, 0.3) is 0 Å². The van der Waals surface area contributed by atoms with Crippen molar-refractivity contribution in [1.29, 1.82) is 0 Å². The number of ether oxygens (including phenoxy) is 1. The Bertz CT molecular complexity index is 219. The van der Waals surface area contributed by atoms with Gasteiger partial charge in [-0.2, -0.15) is 0 Å². The molecule has 0 aromatic carbocycles. The van der Waals surface area contributed by atoms with E-state index in [1.165, 1.54) is 13.5 Å². The second-order valence-corrected chi connectivity index (χ2v) is 4.30. The summed E-state index contributed by atoms with van der Waals surface area (Å²) in [5.41, 5.74) is 0. The quantitative estimate of drug-likeness (QED) is 0.339. The van der Waals surface area contributed by atoms with Gasteiger partial charge in [0.15, 0.2) is 0 Å². The van der Waals surface area contributed by atoms with Gasteiger partial charge in [0.2, 0.25) is 0 Å². The topological polar surface area (TPSA) is 63.6 Å². The van der Waals surface area contributed by atoms with Gasteiger partial charge in [0.05, 0.1) is 7.11 Å². The fraction of sp³-hybridized carbons (Fsp3) is 0.846. The molecule has 0 unspecified atom stereocenters. The summed E-state index contributed by atoms with van der Waals surface area (Å²) < 4.78 is 4.55. The van der Waals surface area contributed by atoms with E-state index >= 15 is 0 Å². The molecule has 1 N–H and O–H groups in total. The van der Waals surface area contributed by atoms with Crippen molar-refractivity contribution in [2.45, 2.75) is 64.2 Å². The summed E-state index contributed by atoms with van der Waals surface area (Å²) in [7, 11) is 1.42. The first kappa shape index (κ1) is 20.8. The Balaban J connectivity index is 0. The largest absolute Gasteiger partial charge is 0.481 e. The van der Waals surface area contributed by atoms with Crippen molar-refractivity contribution in [1.82, 2.24) is 0 Å². The molecule has 0 bridgehead atoms. The van der Waals surface area contributed by atoms with Crippen molar-refractivity contribution in [3.05, 3.63) is 0 Å². The first-order valence-corrected chi connectivity index (χ1v) is 6.45. The molecule has 2 radical (unpaired) electrons. The van der Waals surface area contributed by atoms with Crippen LogP contribution in [0, 0.1) is 0 Å². The summed E-state index contributed by atoms with van der Waals surface area (Å²) in [6.45, 7) is 0. The fourth-order valence-corrected chi connectivity index (χ4v) is 1.71. The van der Waals surface area contributed by atoms with Gasteiger partial charge in [0, 0.05) is 61.7 Å². The minimum absolute atomic E-state index is 0. The molecule has 102 valence electrons. The first-order chi connectivity index (χ1) is 8.16. The van der Waals surface area contributed by atoms with Gasteiger partial charge >= 0.3 is 11.9 Å². The van der Waals surface area contributed by atoms with E-state index in [-0.39, 0.29) is 54.9 Å². The minimum atomic E-state index is -0.701. The van der Waals surface area contributed by atoms with Gasteiger partial charge in [-0.3, -0.25) is 9.59 Å². The molecular formula is C13H24BaO4. The number of hydrogen-bond acceptors (Lipinski definition) is 3. The molecule has 5 heteroatoms. The van der Waals surface area contributed by atoms with Crippen LogP contribution in [-0.4, -0.2) is 73.0 Å². The normalized spacial score (nSPS) is 9.61. The maximum Gasteiger partial charge on any atom is 0.305 e. The van der Waals surface area contributed by atoms with Gasteiger partial charge in [-0.25, -0.2) is 0 Å². The Kier molecular flexibility index (Phi) is 18.0. The van der Waals surface area contributed by atoms with Crippen LogP contribution in [0.4, 0.5) is 0 Å². The minimum Gasteiger partial charge on any atom is -0.481 e. The number of rotatable bonds is 11. The van der Waals surface area contributed by atoms with Crippen LogP contribution in [0.15, 0.2) is 0 Å². The molecule has 4 nitrogen and oxygen atoms in total. The van der Waals surface area contributed by atoms with Crippen LogP contribution in [0.5, 0.6) is 0 Å². The Morgan fingerprint density at radius 2 is 1.22 bits per heavy atom. The van der Waals surface area contributed by atoms with E-state index in [1.807, 2.05) is 0 Å². The maximum absolute atomic E-state index is 10.8. The van der Waals surface area contributed by atoms with Crippen LogP contribution in [-0.2, 0) is 14.3 Å². The molecule has 0 saturated heterocycles. The van der Waals surface area contributed by atoms with Crippen molar-refractivity contribution in [3.8, 4) is 0 Å². The number of carbonyl (C=O) groups is 2. The summed E-state index contributed by atoms with van der Waals surface area (Å²) in [5, 5.41) is 8.44. The van der Waals surface area contributed by atoms with Gasteiger partial charge in [-0.1, -0.05) is 38.5 Å². The molecule has 0 amide bonds. The van der Waals surface area contributed by atoms with Gasteiger partial charge in [0.25, 0.3) is 0 Å². The molecule has 18 heavy (non-hydrogen) atoms. The van der Waals surface area contributed by atoms with Crippen molar-refractivity contribution < 1.29 is 19.4 Å². The number of methoxy groups -OCH3 is 1. The summed E-state index contributed by atoms with van der Waals surface area (Å²) in [4.78, 5) is 21.1. The molecule has 0 spiro atoms. The number of carbonyl (C=O) groups excluding carboxylic acids is 1. The predicted octanol–water partition coefficient (Wildman–Crippen LogP) is 2.76. The Morgan fingerprint density at radius 1 is 0.833 bits per heavy atom. The SMILES string of the molecule is COC(=O)CCCCCCCCCCC(=O)O.[Ba]. The van der Waals surface area contributed by atoms with E-state index in [9.17, 15) is 9.59 Å². The molecule has 0 atom stereocenters. The third-order valence-corrected chi connectivity index (χ3v) is 2.75. The van der Waals surface area contributed by atoms with Gasteiger partial charge in [-0.05, 0) is 12.8 Å². The van der Waals surface area contributed by atoms with Gasteiger partial charge < -0.3 is 9.84 Å². The molecule has 0 aliphatic rings. The number of unbranched alkanes of at least 4 members (excludes halogenated alkanes) is 7. The van der Waals surface area contributed by atoms with E-state index < -0.39 is 5.97 Å². The molecule has 0 fully saturated rings. The molecule has 0 rings (SSSR count). The second kappa shape index (κ2) is 15.6. The zero-order valence-corrected chi connectivity index (χ0v) is 15.9. The van der Waals surface area contributed by atoms with Gasteiger partial charge in [0.1, 0.15) is 0 Å². The van der Waals surface area contributed by atoms with Crippen molar-refractivity contribution in [2.24, 2.45) is 0 Å². The zero-order valence-electron chi connectivity index (χ0n) is 11.5. The number of esters is 1. The Hall–Kier alpha value is 0.511. The molecule has 0 heterocycles. The van der Waals surface area contributed by atoms with Crippen LogP contribution >= 0.6 is 0 Å². The zero-order chi connectivity index (χ0) is 12.9. The summed E-state index contributed by atoms with van der Waals surface area (Å²) in [6, 6.07) is 0. The van der Waals surface area contributed by atoms with Crippen molar-refractivity contribution in [3.63, 3.8) is 0 Å². The molecule has 0 aliphatic heterocycles. The third kappa shape index (κ3) is 16.5. The number of carboxylic acids is 1. The first-order valence-electron chi connectivity index (χ1n) is 6.45. The van der Waals surface area contributed by atoms with Crippen LogP contribution in [0.1, 0.15) is 64.2 Å². The van der Waals surface area contributed by atoms with Crippen molar-refractivity contribution in [2.75, 3.05) is 7.11 Å². The fourth-order valence-electron chi connectivity index (χ4n) is 1.71. The number of carboxylic acid groups (broad SMARTS) is 1. The summed E-state index contributed by atoms with van der Waals surface area (Å²) >= 11 is 0. The molecular weight excluding hydrogens is 357 g/mol. The van der Waals surface area contributed by atoms with Gasteiger partial charge in [-0.15, -0.1) is 0 Å². The monoisotopic (exact) mass is 382 g/mol. The molecule has 0 aliphatic carbocycles. The Morgan fingerprint density at radius 3 is 1.61 bits per heavy atom.